The molecule has 10 nitrogen and oxygen atoms in total. The van der Waals surface area contributed by atoms with E-state index >= 15 is 0 Å². The minimum absolute atomic E-state index is 0.0112. The number of ketones is 4. The van der Waals surface area contributed by atoms with Crippen molar-refractivity contribution in [2.75, 3.05) is 33.1 Å². The van der Waals surface area contributed by atoms with Crippen molar-refractivity contribution in [3.63, 3.8) is 0 Å². The second-order valence-corrected chi connectivity index (χ2v) is 12.6. The number of fused-ring (bicyclic) bond motifs is 3. The van der Waals surface area contributed by atoms with Gasteiger partial charge in [0.1, 0.15) is 5.75 Å². The fourth-order valence-electron chi connectivity index (χ4n) is 7.50. The van der Waals surface area contributed by atoms with Crippen molar-refractivity contribution in [2.45, 2.75) is 50.7 Å². The summed E-state index contributed by atoms with van der Waals surface area (Å²) in [5, 5.41) is 23.4. The second kappa shape index (κ2) is 11.0. The predicted molar refractivity (Wildman–Crippen MR) is 160 cm³/mol. The van der Waals surface area contributed by atoms with Gasteiger partial charge in [-0.15, -0.1) is 0 Å². The molecule has 2 fully saturated rings. The Bertz CT molecular complexity index is 1530. The van der Waals surface area contributed by atoms with E-state index in [0.717, 1.165) is 24.8 Å². The van der Waals surface area contributed by atoms with Gasteiger partial charge in [0, 0.05) is 31.3 Å². The van der Waals surface area contributed by atoms with Crippen LogP contribution in [0.2, 0.25) is 0 Å². The molecule has 0 radical (unpaired) electrons. The third-order valence-corrected chi connectivity index (χ3v) is 9.60. The standard InChI is InChI=1S/C33H39N3O7/c1-6-7-8-16-9-11-17(12-10-16)19-15-22(35(2)3)20-13-18-14-21-26(36(4)5)29(39)25(32(34)42)31(41)33(21,43)30(40)23(18)28(38)24(20)27(19)37/h9-12,15,18,21,23,25-26,37,43H,6-8,13-14H2,1-5H3,(H2,34,42)/t18-,21-,23?,25?,26?,33-/m1/s1. The van der Waals surface area contributed by atoms with Crippen molar-refractivity contribution < 1.29 is 34.2 Å². The Morgan fingerprint density at radius 3 is 2.26 bits per heavy atom. The number of nitrogens with zero attached hydrogens (tertiary/aromatic N) is 2. The monoisotopic (exact) mass is 589 g/mol. The largest absolute Gasteiger partial charge is 0.507 e. The predicted octanol–water partition coefficient (Wildman–Crippen LogP) is 1.94. The van der Waals surface area contributed by atoms with Crippen LogP contribution in [0, 0.1) is 23.7 Å². The molecule has 0 aliphatic heterocycles. The summed E-state index contributed by atoms with van der Waals surface area (Å²) in [5.41, 5.74) is 6.20. The van der Waals surface area contributed by atoms with E-state index < -0.39 is 64.4 Å². The van der Waals surface area contributed by atoms with Gasteiger partial charge in [-0.3, -0.25) is 28.9 Å². The molecule has 0 aromatic heterocycles. The number of rotatable bonds is 7. The number of likely N-dealkylation sites (N-methyl/N-ethyl adjacent to an activating group) is 1. The van der Waals surface area contributed by atoms with Crippen molar-refractivity contribution >= 4 is 34.7 Å². The lowest BCUT2D eigenvalue weighted by atomic mass is 9.52. The van der Waals surface area contributed by atoms with Gasteiger partial charge in [0.05, 0.1) is 17.5 Å². The highest BCUT2D eigenvalue weighted by atomic mass is 16.3. The molecule has 2 aromatic rings. The quantitative estimate of drug-likeness (QED) is 0.411. The molecular formula is C33H39N3O7. The van der Waals surface area contributed by atoms with Crippen LogP contribution in [-0.4, -0.2) is 84.0 Å². The molecule has 0 heterocycles. The maximum atomic E-state index is 14.2. The number of anilines is 1. The van der Waals surface area contributed by atoms with Gasteiger partial charge in [0.2, 0.25) is 5.91 Å². The zero-order valence-electron chi connectivity index (χ0n) is 25.2. The van der Waals surface area contributed by atoms with Gasteiger partial charge in [-0.05, 0) is 68.5 Å². The molecule has 10 heteroatoms. The van der Waals surface area contributed by atoms with E-state index in [-0.39, 0.29) is 24.2 Å². The van der Waals surface area contributed by atoms with E-state index in [1.54, 1.807) is 14.1 Å². The van der Waals surface area contributed by atoms with Gasteiger partial charge in [0.15, 0.2) is 34.7 Å². The van der Waals surface area contributed by atoms with Gasteiger partial charge in [-0.25, -0.2) is 0 Å². The number of unbranched alkanes of at least 4 members (excludes halogenated alkanes) is 1. The minimum Gasteiger partial charge on any atom is -0.507 e. The van der Waals surface area contributed by atoms with Crippen LogP contribution in [-0.2, 0) is 32.0 Å². The zero-order valence-corrected chi connectivity index (χ0v) is 25.2. The van der Waals surface area contributed by atoms with E-state index in [9.17, 15) is 34.2 Å². The van der Waals surface area contributed by atoms with Gasteiger partial charge in [0.25, 0.3) is 0 Å². The molecule has 1 amide bonds. The van der Waals surface area contributed by atoms with Crippen LogP contribution in [0.4, 0.5) is 5.69 Å². The molecular weight excluding hydrogens is 550 g/mol. The van der Waals surface area contributed by atoms with E-state index in [1.165, 1.54) is 4.90 Å². The third kappa shape index (κ3) is 4.58. The number of hydrogen-bond donors (Lipinski definition) is 3. The molecule has 3 aliphatic rings. The Morgan fingerprint density at radius 2 is 1.70 bits per heavy atom. The van der Waals surface area contributed by atoms with Gasteiger partial charge in [-0.2, -0.15) is 0 Å². The van der Waals surface area contributed by atoms with E-state index in [0.29, 0.717) is 22.4 Å². The maximum absolute atomic E-state index is 14.2. The van der Waals surface area contributed by atoms with Crippen molar-refractivity contribution in [1.29, 1.82) is 0 Å². The first-order valence-electron chi connectivity index (χ1n) is 14.8. The average Bonchev–Trinajstić information content (AvgIpc) is 2.93. The lowest BCUT2D eigenvalue weighted by Crippen LogP contribution is -2.74. The minimum atomic E-state index is -2.75. The number of primary amides is 1. The van der Waals surface area contributed by atoms with Crippen LogP contribution in [0.3, 0.4) is 0 Å². The summed E-state index contributed by atoms with van der Waals surface area (Å²) in [5.74, 6) is -10.5. The van der Waals surface area contributed by atoms with Gasteiger partial charge < -0.3 is 20.8 Å². The fourth-order valence-corrected chi connectivity index (χ4v) is 7.50. The molecule has 3 aliphatic carbocycles. The lowest BCUT2D eigenvalue weighted by Gasteiger charge is -2.52. The molecule has 0 saturated heterocycles. The zero-order chi connectivity index (χ0) is 31.5. The van der Waals surface area contributed by atoms with E-state index in [4.69, 9.17) is 5.73 Å². The molecule has 228 valence electrons. The first-order chi connectivity index (χ1) is 20.2. The topological polar surface area (TPSA) is 158 Å². The maximum Gasteiger partial charge on any atom is 0.235 e. The normalized spacial score (nSPS) is 28.4. The summed E-state index contributed by atoms with van der Waals surface area (Å²) in [6, 6.07) is 8.46. The number of carbonyl (C=O) groups is 5. The Labute approximate surface area is 250 Å². The van der Waals surface area contributed by atoms with Crippen LogP contribution in [0.25, 0.3) is 11.1 Å². The summed E-state index contributed by atoms with van der Waals surface area (Å²) >= 11 is 0. The van der Waals surface area contributed by atoms with Crippen LogP contribution in [0.15, 0.2) is 30.3 Å². The summed E-state index contributed by atoms with van der Waals surface area (Å²) in [7, 11) is 6.79. The van der Waals surface area contributed by atoms with Gasteiger partial charge >= 0.3 is 0 Å². The number of carbonyl (C=O) groups excluding carboxylic acids is 5. The molecule has 43 heavy (non-hydrogen) atoms. The number of Topliss-reactive ketones (excluding diaryl/α,β-unsaturated/α-hetero) is 4. The number of aromatic hydroxyl groups is 1. The summed E-state index contributed by atoms with van der Waals surface area (Å²) in [6.07, 6.45) is 3.28. The number of hydrogen-bond acceptors (Lipinski definition) is 9. The fraction of sp³-hybridized carbons (Fsp3) is 0.485. The van der Waals surface area contributed by atoms with E-state index in [2.05, 4.69) is 6.92 Å². The van der Waals surface area contributed by atoms with Gasteiger partial charge in [-0.1, -0.05) is 37.6 Å². The molecule has 2 saturated carbocycles. The number of phenolic OH excluding ortho intramolecular Hbond substituents is 1. The van der Waals surface area contributed by atoms with Crippen molar-refractivity contribution in [1.82, 2.24) is 4.90 Å². The number of benzene rings is 2. The number of phenols is 1. The summed E-state index contributed by atoms with van der Waals surface area (Å²) < 4.78 is 0. The van der Waals surface area contributed by atoms with Crippen LogP contribution in [0.1, 0.15) is 47.7 Å². The van der Waals surface area contributed by atoms with Crippen LogP contribution >= 0.6 is 0 Å². The Balaban J connectivity index is 1.63. The van der Waals surface area contributed by atoms with Crippen molar-refractivity contribution in [3.05, 3.63) is 47.0 Å². The van der Waals surface area contributed by atoms with Crippen LogP contribution < -0.4 is 10.6 Å². The number of aryl methyl sites for hydroxylation is 1. The molecule has 5 rings (SSSR count). The molecule has 3 unspecified atom stereocenters. The second-order valence-electron chi connectivity index (χ2n) is 12.6. The van der Waals surface area contributed by atoms with Crippen molar-refractivity contribution in [2.24, 2.45) is 29.4 Å². The molecule has 0 spiro atoms. The number of nitrogens with two attached hydrogens (primary N) is 1. The average molecular weight is 590 g/mol. The summed E-state index contributed by atoms with van der Waals surface area (Å²) in [4.78, 5) is 70.7. The first kappa shape index (κ1) is 30.6. The SMILES string of the molecule is CCCCc1ccc(-c2cc(N(C)C)c3c(c2O)C(=O)C2C(=O)[C@@]4(O)C(=O)C(C(N)=O)C(=O)C(N(C)C)[C@H]4C[C@H]2C3)cc1. The molecule has 2 aromatic carbocycles. The molecule has 6 atom stereocenters. The third-order valence-electron chi connectivity index (χ3n) is 9.60. The highest BCUT2D eigenvalue weighted by Gasteiger charge is 2.69. The number of amides is 1. The summed E-state index contributed by atoms with van der Waals surface area (Å²) in [6.45, 7) is 2.13. The lowest BCUT2D eigenvalue weighted by molar-refractivity contribution is -0.181. The Hall–Kier alpha value is -3.89. The highest BCUT2D eigenvalue weighted by Crippen LogP contribution is 2.53. The Morgan fingerprint density at radius 1 is 1.05 bits per heavy atom. The van der Waals surface area contributed by atoms with E-state index in [1.807, 2.05) is 49.3 Å². The van der Waals surface area contributed by atoms with Crippen LogP contribution in [0.5, 0.6) is 5.75 Å². The molecule has 0 bridgehead atoms. The Kier molecular flexibility index (Phi) is 7.81. The highest BCUT2D eigenvalue weighted by molar-refractivity contribution is 6.32. The van der Waals surface area contributed by atoms with Crippen molar-refractivity contribution in [3.8, 4) is 16.9 Å². The molecule has 4 N–H and O–H groups in total. The smallest absolute Gasteiger partial charge is 0.235 e. The first-order valence-corrected chi connectivity index (χ1v) is 14.8. The number of aliphatic hydroxyl groups is 1.